The summed E-state index contributed by atoms with van der Waals surface area (Å²) in [6.07, 6.45) is 0. The zero-order valence-electron chi connectivity index (χ0n) is 14.1. The molecule has 0 aliphatic rings. The summed E-state index contributed by atoms with van der Waals surface area (Å²) >= 11 is 6.02. The Morgan fingerprint density at radius 3 is 2.36 bits per heavy atom. The summed E-state index contributed by atoms with van der Waals surface area (Å²) in [5.74, 6) is -1.33. The van der Waals surface area contributed by atoms with Gasteiger partial charge in [-0.05, 0) is 24.1 Å². The van der Waals surface area contributed by atoms with Gasteiger partial charge in [-0.25, -0.2) is 4.39 Å². The van der Waals surface area contributed by atoms with Gasteiger partial charge in [0.25, 0.3) is 5.91 Å². The van der Waals surface area contributed by atoms with Gasteiger partial charge in [-0.15, -0.1) is 0 Å². The van der Waals surface area contributed by atoms with Crippen molar-refractivity contribution in [3.05, 3.63) is 70.5 Å². The average molecular weight is 363 g/mol. The van der Waals surface area contributed by atoms with Crippen molar-refractivity contribution < 1.29 is 14.0 Å². The topological polar surface area (TPSA) is 58.2 Å². The quantitative estimate of drug-likeness (QED) is 0.825. The van der Waals surface area contributed by atoms with E-state index in [1.54, 1.807) is 42.5 Å². The van der Waals surface area contributed by atoms with Crippen LogP contribution in [0.25, 0.3) is 0 Å². The molecule has 2 N–H and O–H groups in total. The standard InChI is InChI=1S/C19H20ClFN2O2/c1-12(2)17(23-18(24)14-8-4-5-9-15(14)20)19(25)22-11-13-7-3-6-10-16(13)21/h3-10,12,17H,11H2,1-2H3,(H,22,25)(H,23,24)/t17-/m0/s1. The number of rotatable bonds is 6. The maximum Gasteiger partial charge on any atom is 0.253 e. The minimum atomic E-state index is -0.754. The zero-order valence-corrected chi connectivity index (χ0v) is 14.8. The molecule has 0 aliphatic heterocycles. The molecule has 0 fully saturated rings. The molecular formula is C19H20ClFN2O2. The van der Waals surface area contributed by atoms with E-state index in [0.717, 1.165) is 0 Å². The van der Waals surface area contributed by atoms with Crippen LogP contribution in [0, 0.1) is 11.7 Å². The van der Waals surface area contributed by atoms with Gasteiger partial charge in [0.15, 0.2) is 0 Å². The number of hydrogen-bond acceptors (Lipinski definition) is 2. The SMILES string of the molecule is CC(C)[C@H](NC(=O)c1ccccc1Cl)C(=O)NCc1ccccc1F. The summed E-state index contributed by atoms with van der Waals surface area (Å²) in [6.45, 7) is 3.69. The molecule has 6 heteroatoms. The smallest absolute Gasteiger partial charge is 0.253 e. The molecule has 2 aromatic carbocycles. The van der Waals surface area contributed by atoms with E-state index in [2.05, 4.69) is 10.6 Å². The highest BCUT2D eigenvalue weighted by molar-refractivity contribution is 6.33. The molecule has 0 bridgehead atoms. The van der Waals surface area contributed by atoms with E-state index in [1.165, 1.54) is 6.07 Å². The lowest BCUT2D eigenvalue weighted by Crippen LogP contribution is -2.49. The molecule has 0 aromatic heterocycles. The van der Waals surface area contributed by atoms with E-state index in [-0.39, 0.29) is 24.2 Å². The minimum Gasteiger partial charge on any atom is -0.350 e. The third-order valence-corrected chi connectivity index (χ3v) is 4.09. The predicted octanol–water partition coefficient (Wildman–Crippen LogP) is 3.55. The van der Waals surface area contributed by atoms with Crippen molar-refractivity contribution in [1.29, 1.82) is 0 Å². The summed E-state index contributed by atoms with van der Waals surface area (Å²) in [6, 6.07) is 12.1. The normalized spacial score (nSPS) is 11.9. The lowest BCUT2D eigenvalue weighted by Gasteiger charge is -2.22. The lowest BCUT2D eigenvalue weighted by atomic mass is 10.0. The van der Waals surface area contributed by atoms with Gasteiger partial charge in [0.2, 0.25) is 5.91 Å². The van der Waals surface area contributed by atoms with Crippen molar-refractivity contribution in [2.24, 2.45) is 5.92 Å². The molecule has 132 valence electrons. The van der Waals surface area contributed by atoms with Crippen LogP contribution in [0.3, 0.4) is 0 Å². The second-order valence-electron chi connectivity index (χ2n) is 5.98. The van der Waals surface area contributed by atoms with Gasteiger partial charge in [-0.3, -0.25) is 9.59 Å². The molecule has 0 radical (unpaired) electrons. The molecule has 0 saturated heterocycles. The van der Waals surface area contributed by atoms with Crippen LogP contribution in [-0.2, 0) is 11.3 Å². The summed E-state index contributed by atoms with van der Waals surface area (Å²) in [5, 5.41) is 5.68. The highest BCUT2D eigenvalue weighted by atomic mass is 35.5. The summed E-state index contributed by atoms with van der Waals surface area (Å²) in [4.78, 5) is 24.8. The Bertz CT molecular complexity index is 765. The van der Waals surface area contributed by atoms with Gasteiger partial charge in [0.05, 0.1) is 10.6 Å². The first-order valence-electron chi connectivity index (χ1n) is 7.96. The Kier molecular flexibility index (Phi) is 6.53. The number of hydrogen-bond donors (Lipinski definition) is 2. The number of carbonyl (C=O) groups excluding carboxylic acids is 2. The van der Waals surface area contributed by atoms with Gasteiger partial charge >= 0.3 is 0 Å². The molecule has 0 spiro atoms. The zero-order chi connectivity index (χ0) is 18.4. The molecule has 0 unspecified atom stereocenters. The number of nitrogens with one attached hydrogen (secondary N) is 2. The third kappa shape index (κ3) is 5.03. The largest absolute Gasteiger partial charge is 0.350 e. The van der Waals surface area contributed by atoms with E-state index in [0.29, 0.717) is 16.1 Å². The fourth-order valence-corrected chi connectivity index (χ4v) is 2.55. The van der Waals surface area contributed by atoms with Crippen LogP contribution < -0.4 is 10.6 Å². The van der Waals surface area contributed by atoms with Crippen LogP contribution in [0.5, 0.6) is 0 Å². The summed E-state index contributed by atoms with van der Waals surface area (Å²) in [5.41, 5.74) is 0.688. The Morgan fingerprint density at radius 2 is 1.72 bits per heavy atom. The first-order chi connectivity index (χ1) is 11.9. The van der Waals surface area contributed by atoms with Crippen molar-refractivity contribution in [2.45, 2.75) is 26.4 Å². The van der Waals surface area contributed by atoms with Crippen LogP contribution in [0.4, 0.5) is 4.39 Å². The molecule has 0 heterocycles. The summed E-state index contributed by atoms with van der Waals surface area (Å²) in [7, 11) is 0. The van der Waals surface area contributed by atoms with Crippen LogP contribution >= 0.6 is 11.6 Å². The second-order valence-corrected chi connectivity index (χ2v) is 6.39. The number of amides is 2. The Balaban J connectivity index is 2.04. The Hall–Kier alpha value is -2.40. The van der Waals surface area contributed by atoms with Gasteiger partial charge in [-0.1, -0.05) is 55.8 Å². The number of halogens is 2. The molecular weight excluding hydrogens is 343 g/mol. The monoisotopic (exact) mass is 362 g/mol. The van der Waals surface area contributed by atoms with E-state index in [1.807, 2.05) is 13.8 Å². The van der Waals surface area contributed by atoms with Crippen molar-refractivity contribution in [2.75, 3.05) is 0 Å². The number of benzene rings is 2. The van der Waals surface area contributed by atoms with Gasteiger partial charge in [-0.2, -0.15) is 0 Å². The first-order valence-corrected chi connectivity index (χ1v) is 8.34. The molecule has 2 rings (SSSR count). The van der Waals surface area contributed by atoms with E-state index in [4.69, 9.17) is 11.6 Å². The van der Waals surface area contributed by atoms with Crippen LogP contribution in [0.1, 0.15) is 29.8 Å². The number of carbonyl (C=O) groups is 2. The van der Waals surface area contributed by atoms with Crippen molar-refractivity contribution in [1.82, 2.24) is 10.6 Å². The van der Waals surface area contributed by atoms with E-state index in [9.17, 15) is 14.0 Å². The maximum atomic E-state index is 13.6. The lowest BCUT2D eigenvalue weighted by molar-refractivity contribution is -0.124. The highest BCUT2D eigenvalue weighted by Gasteiger charge is 2.25. The molecule has 2 aromatic rings. The molecule has 2 amide bonds. The van der Waals surface area contributed by atoms with Crippen LogP contribution in [0.15, 0.2) is 48.5 Å². The minimum absolute atomic E-state index is 0.0523. The van der Waals surface area contributed by atoms with E-state index < -0.39 is 11.9 Å². The summed E-state index contributed by atoms with van der Waals surface area (Å²) < 4.78 is 13.6. The van der Waals surface area contributed by atoms with Crippen molar-refractivity contribution in [3.63, 3.8) is 0 Å². The molecule has 4 nitrogen and oxygen atoms in total. The molecule has 25 heavy (non-hydrogen) atoms. The molecule has 1 atom stereocenters. The van der Waals surface area contributed by atoms with Crippen LogP contribution in [0.2, 0.25) is 5.02 Å². The van der Waals surface area contributed by atoms with Crippen molar-refractivity contribution in [3.8, 4) is 0 Å². The Labute approximate surface area is 151 Å². The van der Waals surface area contributed by atoms with Crippen LogP contribution in [-0.4, -0.2) is 17.9 Å². The van der Waals surface area contributed by atoms with Gasteiger partial charge in [0, 0.05) is 12.1 Å². The Morgan fingerprint density at radius 1 is 1.08 bits per heavy atom. The fraction of sp³-hybridized carbons (Fsp3) is 0.263. The predicted molar refractivity (Wildman–Crippen MR) is 95.8 cm³/mol. The van der Waals surface area contributed by atoms with Gasteiger partial charge in [0.1, 0.15) is 11.9 Å². The van der Waals surface area contributed by atoms with E-state index >= 15 is 0 Å². The average Bonchev–Trinajstić information content (AvgIpc) is 2.58. The van der Waals surface area contributed by atoms with Crippen molar-refractivity contribution >= 4 is 23.4 Å². The molecule has 0 aliphatic carbocycles. The third-order valence-electron chi connectivity index (χ3n) is 3.77. The van der Waals surface area contributed by atoms with Gasteiger partial charge < -0.3 is 10.6 Å². The fourth-order valence-electron chi connectivity index (χ4n) is 2.33. The second kappa shape index (κ2) is 8.62. The molecule has 0 saturated carbocycles. The first kappa shape index (κ1) is 18.9. The highest BCUT2D eigenvalue weighted by Crippen LogP contribution is 2.15. The maximum absolute atomic E-state index is 13.6.